The van der Waals surface area contributed by atoms with Crippen LogP contribution in [0.3, 0.4) is 0 Å². The van der Waals surface area contributed by atoms with E-state index in [1.165, 1.54) is 16.6 Å². The van der Waals surface area contributed by atoms with E-state index < -0.39 is 5.41 Å². The molecule has 126 valence electrons. The molecule has 0 amide bonds. The third-order valence-corrected chi connectivity index (χ3v) is 5.33. The van der Waals surface area contributed by atoms with Crippen molar-refractivity contribution in [2.45, 2.75) is 24.7 Å². The van der Waals surface area contributed by atoms with E-state index in [9.17, 15) is 5.26 Å². The van der Waals surface area contributed by atoms with Gasteiger partial charge in [-0.05, 0) is 42.2 Å². The molecule has 1 unspecified atom stereocenters. The molecule has 1 heterocycles. The van der Waals surface area contributed by atoms with Gasteiger partial charge in [0.05, 0.1) is 25.7 Å². The van der Waals surface area contributed by atoms with Gasteiger partial charge >= 0.3 is 0 Å². The maximum absolute atomic E-state index is 10.0. The van der Waals surface area contributed by atoms with Gasteiger partial charge in [-0.15, -0.1) is 0 Å². The van der Waals surface area contributed by atoms with Gasteiger partial charge in [0.15, 0.2) is 11.5 Å². The number of aromatic amines is 1. The lowest BCUT2D eigenvalue weighted by Gasteiger charge is -2.31. The molecule has 3 aromatic rings. The summed E-state index contributed by atoms with van der Waals surface area (Å²) in [6.07, 6.45) is 2.37. The highest BCUT2D eigenvalue weighted by Gasteiger charge is 2.38. The van der Waals surface area contributed by atoms with Crippen LogP contribution in [0.25, 0.3) is 10.9 Å². The average molecular weight is 332 g/mol. The van der Waals surface area contributed by atoms with Gasteiger partial charge in [-0.25, -0.2) is 0 Å². The zero-order chi connectivity index (χ0) is 17.4. The third-order valence-electron chi connectivity index (χ3n) is 5.33. The van der Waals surface area contributed by atoms with Crippen molar-refractivity contribution in [1.29, 1.82) is 5.26 Å². The SMILES string of the molecule is COc1ccc(C2(C#N)CCc3c([nH]c4ccccc34)C2)cc1OC. The molecule has 4 heteroatoms. The highest BCUT2D eigenvalue weighted by atomic mass is 16.5. The summed E-state index contributed by atoms with van der Waals surface area (Å²) in [5, 5.41) is 11.3. The number of nitrogens with one attached hydrogen (secondary N) is 1. The second kappa shape index (κ2) is 5.86. The van der Waals surface area contributed by atoms with E-state index in [4.69, 9.17) is 9.47 Å². The Bertz CT molecular complexity index is 983. The lowest BCUT2D eigenvalue weighted by molar-refractivity contribution is 0.352. The van der Waals surface area contributed by atoms with Crippen LogP contribution in [0.1, 0.15) is 23.2 Å². The maximum atomic E-state index is 10.0. The molecule has 1 N–H and O–H groups in total. The molecule has 0 spiro atoms. The Morgan fingerprint density at radius 3 is 2.64 bits per heavy atom. The van der Waals surface area contributed by atoms with Crippen molar-refractivity contribution < 1.29 is 9.47 Å². The summed E-state index contributed by atoms with van der Waals surface area (Å²) in [7, 11) is 3.24. The summed E-state index contributed by atoms with van der Waals surface area (Å²) in [6, 6.07) is 16.8. The molecule has 1 aliphatic carbocycles. The lowest BCUT2D eigenvalue weighted by atomic mass is 9.70. The van der Waals surface area contributed by atoms with Crippen LogP contribution in [0.5, 0.6) is 11.5 Å². The van der Waals surface area contributed by atoms with E-state index >= 15 is 0 Å². The van der Waals surface area contributed by atoms with E-state index in [1.54, 1.807) is 14.2 Å². The fraction of sp³-hybridized carbons (Fsp3) is 0.286. The van der Waals surface area contributed by atoms with Gasteiger partial charge in [-0.3, -0.25) is 0 Å². The van der Waals surface area contributed by atoms with Crippen molar-refractivity contribution in [2.24, 2.45) is 0 Å². The van der Waals surface area contributed by atoms with Crippen molar-refractivity contribution >= 4 is 10.9 Å². The Balaban J connectivity index is 1.79. The molecular formula is C21H20N2O2. The van der Waals surface area contributed by atoms with Gasteiger partial charge in [0, 0.05) is 23.0 Å². The summed E-state index contributed by atoms with van der Waals surface area (Å²) in [6.45, 7) is 0. The van der Waals surface area contributed by atoms with Crippen LogP contribution in [0, 0.1) is 11.3 Å². The monoisotopic (exact) mass is 332 g/mol. The molecule has 0 saturated heterocycles. The van der Waals surface area contributed by atoms with Crippen LogP contribution in [0.4, 0.5) is 0 Å². The summed E-state index contributed by atoms with van der Waals surface area (Å²) in [4.78, 5) is 3.52. The number of benzene rings is 2. The molecule has 1 aromatic heterocycles. The van der Waals surface area contributed by atoms with E-state index in [2.05, 4.69) is 29.3 Å². The molecule has 2 aromatic carbocycles. The number of aromatic nitrogens is 1. The Hall–Kier alpha value is -2.93. The Morgan fingerprint density at radius 2 is 1.88 bits per heavy atom. The van der Waals surface area contributed by atoms with Crippen molar-refractivity contribution in [2.75, 3.05) is 14.2 Å². The van der Waals surface area contributed by atoms with Crippen LogP contribution < -0.4 is 9.47 Å². The Labute approximate surface area is 147 Å². The maximum Gasteiger partial charge on any atom is 0.161 e. The van der Waals surface area contributed by atoms with Crippen molar-refractivity contribution in [3.8, 4) is 17.6 Å². The largest absolute Gasteiger partial charge is 0.493 e. The molecule has 0 radical (unpaired) electrons. The van der Waals surface area contributed by atoms with Crippen LogP contribution >= 0.6 is 0 Å². The van der Waals surface area contributed by atoms with Crippen LogP contribution in [-0.2, 0) is 18.3 Å². The highest BCUT2D eigenvalue weighted by molar-refractivity contribution is 5.85. The second-order valence-electron chi connectivity index (χ2n) is 6.57. The number of ether oxygens (including phenoxy) is 2. The van der Waals surface area contributed by atoms with E-state index in [-0.39, 0.29) is 0 Å². The highest BCUT2D eigenvalue weighted by Crippen LogP contribution is 2.42. The Kier molecular flexibility index (Phi) is 3.65. The van der Waals surface area contributed by atoms with E-state index in [1.807, 2.05) is 24.3 Å². The number of rotatable bonds is 3. The quantitative estimate of drug-likeness (QED) is 0.784. The minimum absolute atomic E-state index is 0.548. The zero-order valence-electron chi connectivity index (χ0n) is 14.4. The van der Waals surface area contributed by atoms with Gasteiger partial charge in [0.2, 0.25) is 0 Å². The molecule has 1 aliphatic rings. The molecule has 0 saturated carbocycles. The number of methoxy groups -OCH3 is 2. The number of H-pyrrole nitrogens is 1. The van der Waals surface area contributed by atoms with E-state index in [0.29, 0.717) is 17.9 Å². The molecule has 0 bridgehead atoms. The average Bonchev–Trinajstić information content (AvgIpc) is 3.04. The topological polar surface area (TPSA) is 58.0 Å². The van der Waals surface area contributed by atoms with Gasteiger partial charge < -0.3 is 14.5 Å². The first-order valence-corrected chi connectivity index (χ1v) is 8.43. The standard InChI is InChI=1S/C21H20N2O2/c1-24-19-8-7-14(11-20(19)25-2)21(13-22)10-9-16-15-5-3-4-6-17(15)23-18(16)12-21/h3-8,11,23H,9-10,12H2,1-2H3. The predicted octanol–water partition coefficient (Wildman–Crippen LogP) is 4.14. The first-order valence-electron chi connectivity index (χ1n) is 8.43. The first kappa shape index (κ1) is 15.6. The number of nitriles is 1. The minimum atomic E-state index is -0.548. The zero-order valence-corrected chi connectivity index (χ0v) is 14.4. The number of hydrogen-bond acceptors (Lipinski definition) is 3. The molecule has 4 rings (SSSR count). The van der Waals surface area contributed by atoms with Crippen LogP contribution in [0.2, 0.25) is 0 Å². The van der Waals surface area contributed by atoms with Crippen molar-refractivity contribution in [3.63, 3.8) is 0 Å². The second-order valence-corrected chi connectivity index (χ2v) is 6.57. The predicted molar refractivity (Wildman–Crippen MR) is 97.2 cm³/mol. The summed E-state index contributed by atoms with van der Waals surface area (Å²) >= 11 is 0. The summed E-state index contributed by atoms with van der Waals surface area (Å²) in [5.74, 6) is 1.35. The number of nitrogens with zero attached hydrogens (tertiary/aromatic N) is 1. The number of fused-ring (bicyclic) bond motifs is 3. The van der Waals surface area contributed by atoms with Crippen molar-refractivity contribution in [3.05, 3.63) is 59.3 Å². The number of aryl methyl sites for hydroxylation is 1. The van der Waals surface area contributed by atoms with Crippen LogP contribution in [-0.4, -0.2) is 19.2 Å². The molecule has 1 atom stereocenters. The molecule has 0 aliphatic heterocycles. The van der Waals surface area contributed by atoms with Crippen molar-refractivity contribution in [1.82, 2.24) is 4.98 Å². The first-order chi connectivity index (χ1) is 12.2. The number of para-hydroxylation sites is 1. The fourth-order valence-corrected chi connectivity index (χ4v) is 3.96. The fourth-order valence-electron chi connectivity index (χ4n) is 3.96. The molecule has 0 fully saturated rings. The molecule has 25 heavy (non-hydrogen) atoms. The summed E-state index contributed by atoms with van der Waals surface area (Å²) in [5.41, 5.74) is 4.10. The van der Waals surface area contributed by atoms with E-state index in [0.717, 1.165) is 23.9 Å². The van der Waals surface area contributed by atoms with Gasteiger partial charge in [-0.1, -0.05) is 24.3 Å². The summed E-state index contributed by atoms with van der Waals surface area (Å²) < 4.78 is 10.8. The van der Waals surface area contributed by atoms with Gasteiger partial charge in [-0.2, -0.15) is 5.26 Å². The van der Waals surface area contributed by atoms with Gasteiger partial charge in [0.25, 0.3) is 0 Å². The Morgan fingerprint density at radius 1 is 1.08 bits per heavy atom. The van der Waals surface area contributed by atoms with Crippen LogP contribution in [0.15, 0.2) is 42.5 Å². The lowest BCUT2D eigenvalue weighted by Crippen LogP contribution is -2.31. The smallest absolute Gasteiger partial charge is 0.161 e. The normalized spacial score (nSPS) is 19.2. The van der Waals surface area contributed by atoms with Gasteiger partial charge in [0.1, 0.15) is 0 Å². The minimum Gasteiger partial charge on any atom is -0.493 e. The number of hydrogen-bond donors (Lipinski definition) is 1. The molecule has 4 nitrogen and oxygen atoms in total. The molecular weight excluding hydrogens is 312 g/mol. The third kappa shape index (κ3) is 2.35.